The molecule has 0 aromatic carbocycles. The van der Waals surface area contributed by atoms with Crippen molar-refractivity contribution in [2.45, 2.75) is 96.4 Å². The first kappa shape index (κ1) is 16.2. The summed E-state index contributed by atoms with van der Waals surface area (Å²) in [4.78, 5) is 12.0. The van der Waals surface area contributed by atoms with Crippen molar-refractivity contribution in [2.24, 2.45) is 5.41 Å². The van der Waals surface area contributed by atoms with Gasteiger partial charge in [-0.05, 0) is 37.4 Å². The third-order valence-electron chi connectivity index (χ3n) is 6.01. The number of Topliss-reactive ketones (excluding diaryl/α,β-unsaturated/α-hetero) is 1. The molecule has 0 aliphatic heterocycles. The lowest BCUT2D eigenvalue weighted by Crippen LogP contribution is -2.52. The molecule has 2 nitrogen and oxygen atoms in total. The highest BCUT2D eigenvalue weighted by molar-refractivity contribution is 6.74. The lowest BCUT2D eigenvalue weighted by Gasteiger charge is -2.50. The van der Waals surface area contributed by atoms with E-state index in [-0.39, 0.29) is 10.5 Å². The quantitative estimate of drug-likeness (QED) is 0.664. The van der Waals surface area contributed by atoms with Crippen LogP contribution in [0.5, 0.6) is 0 Å². The Morgan fingerprint density at radius 1 is 1.15 bits per heavy atom. The molecule has 2 saturated carbocycles. The van der Waals surface area contributed by atoms with Gasteiger partial charge in [0.25, 0.3) is 0 Å². The predicted molar refractivity (Wildman–Crippen MR) is 86.4 cm³/mol. The van der Waals surface area contributed by atoms with Crippen LogP contribution in [0.4, 0.5) is 0 Å². The molecule has 0 aromatic heterocycles. The van der Waals surface area contributed by atoms with E-state index >= 15 is 0 Å². The first-order valence-corrected chi connectivity index (χ1v) is 11.3. The molecule has 0 N–H and O–H groups in total. The van der Waals surface area contributed by atoms with E-state index in [0.717, 1.165) is 19.3 Å². The van der Waals surface area contributed by atoms with Crippen molar-refractivity contribution in [3.63, 3.8) is 0 Å². The van der Waals surface area contributed by atoms with Crippen LogP contribution in [0, 0.1) is 5.41 Å². The monoisotopic (exact) mass is 296 g/mol. The second-order valence-corrected chi connectivity index (χ2v) is 13.3. The molecular formula is C17H32O2Si. The van der Waals surface area contributed by atoms with Crippen LogP contribution in [0.25, 0.3) is 0 Å². The number of rotatable bonds is 2. The average molecular weight is 297 g/mol. The highest BCUT2D eigenvalue weighted by Gasteiger charge is 2.49. The Balaban J connectivity index is 2.17. The molecule has 116 valence electrons. The number of ketones is 1. The highest BCUT2D eigenvalue weighted by atomic mass is 28.4. The normalized spacial score (nSPS) is 27.9. The number of hydrogen-bond donors (Lipinski definition) is 0. The van der Waals surface area contributed by atoms with E-state index in [4.69, 9.17) is 4.43 Å². The molecule has 1 spiro atoms. The lowest BCUT2D eigenvalue weighted by atomic mass is 9.63. The van der Waals surface area contributed by atoms with Crippen LogP contribution in [0.1, 0.15) is 72.1 Å². The van der Waals surface area contributed by atoms with Gasteiger partial charge in [-0.3, -0.25) is 4.79 Å². The third-order valence-corrected chi connectivity index (χ3v) is 10.5. The minimum absolute atomic E-state index is 0.184. The summed E-state index contributed by atoms with van der Waals surface area (Å²) in [6.45, 7) is 11.6. The van der Waals surface area contributed by atoms with Gasteiger partial charge in [-0.1, -0.05) is 40.0 Å². The SMILES string of the molecule is CC(C)(C)[Si](C)(C)OC1CCC(=O)CC12CCCCC2. The number of hydrogen-bond acceptors (Lipinski definition) is 2. The fourth-order valence-electron chi connectivity index (χ4n) is 3.66. The Morgan fingerprint density at radius 2 is 1.75 bits per heavy atom. The van der Waals surface area contributed by atoms with Crippen molar-refractivity contribution in [2.75, 3.05) is 0 Å². The first-order valence-electron chi connectivity index (χ1n) is 8.36. The van der Waals surface area contributed by atoms with Crippen molar-refractivity contribution in [1.82, 2.24) is 0 Å². The van der Waals surface area contributed by atoms with Gasteiger partial charge < -0.3 is 4.43 Å². The molecular weight excluding hydrogens is 264 g/mol. The molecule has 2 aliphatic rings. The molecule has 0 amide bonds. The molecule has 0 aromatic rings. The molecule has 0 saturated heterocycles. The molecule has 0 radical (unpaired) electrons. The molecule has 0 bridgehead atoms. The molecule has 3 heteroatoms. The van der Waals surface area contributed by atoms with Gasteiger partial charge in [-0.15, -0.1) is 0 Å². The second-order valence-electron chi connectivity index (χ2n) is 8.54. The van der Waals surface area contributed by atoms with Crippen LogP contribution < -0.4 is 0 Å². The molecule has 1 atom stereocenters. The van der Waals surface area contributed by atoms with Gasteiger partial charge in [-0.25, -0.2) is 0 Å². The highest BCUT2D eigenvalue weighted by Crippen LogP contribution is 2.50. The van der Waals surface area contributed by atoms with Gasteiger partial charge in [0.05, 0.1) is 6.10 Å². The van der Waals surface area contributed by atoms with Crippen molar-refractivity contribution in [3.05, 3.63) is 0 Å². The van der Waals surface area contributed by atoms with Crippen LogP contribution in [-0.4, -0.2) is 20.2 Å². The molecule has 0 heterocycles. The summed E-state index contributed by atoms with van der Waals surface area (Å²) in [5, 5.41) is 0.254. The summed E-state index contributed by atoms with van der Waals surface area (Å²) >= 11 is 0. The summed E-state index contributed by atoms with van der Waals surface area (Å²) < 4.78 is 6.77. The van der Waals surface area contributed by atoms with Crippen molar-refractivity contribution in [3.8, 4) is 0 Å². The molecule has 2 aliphatic carbocycles. The third kappa shape index (κ3) is 3.19. The van der Waals surface area contributed by atoms with Gasteiger partial charge in [-0.2, -0.15) is 0 Å². The van der Waals surface area contributed by atoms with E-state index in [2.05, 4.69) is 33.9 Å². The van der Waals surface area contributed by atoms with Gasteiger partial charge in [0.2, 0.25) is 0 Å². The van der Waals surface area contributed by atoms with E-state index in [9.17, 15) is 4.79 Å². The maximum Gasteiger partial charge on any atom is 0.192 e. The van der Waals surface area contributed by atoms with E-state index in [0.29, 0.717) is 11.9 Å². The van der Waals surface area contributed by atoms with Crippen molar-refractivity contribution >= 4 is 14.1 Å². The largest absolute Gasteiger partial charge is 0.413 e. The summed E-state index contributed by atoms with van der Waals surface area (Å²) in [5.74, 6) is 0.474. The predicted octanol–water partition coefficient (Wildman–Crippen LogP) is 5.08. The molecule has 2 fully saturated rings. The minimum atomic E-state index is -1.74. The van der Waals surface area contributed by atoms with E-state index in [1.807, 2.05) is 0 Å². The summed E-state index contributed by atoms with van der Waals surface area (Å²) in [7, 11) is -1.74. The Morgan fingerprint density at radius 3 is 2.30 bits per heavy atom. The maximum atomic E-state index is 12.0. The molecule has 20 heavy (non-hydrogen) atoms. The Hall–Kier alpha value is -0.153. The average Bonchev–Trinajstić information content (AvgIpc) is 2.32. The fraction of sp³-hybridized carbons (Fsp3) is 0.941. The number of carbonyl (C=O) groups excluding carboxylic acids is 1. The fourth-order valence-corrected chi connectivity index (χ4v) is 5.10. The standard InChI is InChI=1S/C17H32O2Si/c1-16(2,3)20(4,5)19-15-10-9-14(18)13-17(15)11-7-6-8-12-17/h15H,6-13H2,1-5H3. The lowest BCUT2D eigenvalue weighted by molar-refractivity contribution is -0.130. The smallest absolute Gasteiger partial charge is 0.192 e. The summed E-state index contributed by atoms with van der Waals surface area (Å²) in [5.41, 5.74) is 0.184. The van der Waals surface area contributed by atoms with Crippen LogP contribution in [0.15, 0.2) is 0 Å². The summed E-state index contributed by atoms with van der Waals surface area (Å²) in [6, 6.07) is 0. The zero-order chi connectivity index (χ0) is 15.0. The van der Waals surface area contributed by atoms with Crippen LogP contribution in [-0.2, 0) is 9.22 Å². The topological polar surface area (TPSA) is 26.3 Å². The van der Waals surface area contributed by atoms with Gasteiger partial charge in [0, 0.05) is 18.3 Å². The Kier molecular flexibility index (Phi) is 4.51. The van der Waals surface area contributed by atoms with Crippen LogP contribution >= 0.6 is 0 Å². The minimum Gasteiger partial charge on any atom is -0.413 e. The Labute approximate surface area is 125 Å². The number of carbonyl (C=O) groups is 1. The van der Waals surface area contributed by atoms with E-state index < -0.39 is 8.32 Å². The molecule has 1 unspecified atom stereocenters. The van der Waals surface area contributed by atoms with Crippen LogP contribution in [0.3, 0.4) is 0 Å². The van der Waals surface area contributed by atoms with E-state index in [1.165, 1.54) is 32.1 Å². The van der Waals surface area contributed by atoms with Gasteiger partial charge in [0.15, 0.2) is 8.32 Å². The Bertz CT molecular complexity index is 362. The van der Waals surface area contributed by atoms with Crippen molar-refractivity contribution in [1.29, 1.82) is 0 Å². The first-order chi connectivity index (χ1) is 9.16. The molecule has 2 rings (SSSR count). The van der Waals surface area contributed by atoms with Crippen molar-refractivity contribution < 1.29 is 9.22 Å². The van der Waals surface area contributed by atoms with Gasteiger partial charge in [0.1, 0.15) is 5.78 Å². The van der Waals surface area contributed by atoms with E-state index in [1.54, 1.807) is 0 Å². The van der Waals surface area contributed by atoms with Crippen LogP contribution in [0.2, 0.25) is 18.1 Å². The zero-order valence-corrected chi connectivity index (χ0v) is 15.1. The van der Waals surface area contributed by atoms with Gasteiger partial charge >= 0.3 is 0 Å². The summed E-state index contributed by atoms with van der Waals surface area (Å²) in [6.07, 6.45) is 9.13. The maximum absolute atomic E-state index is 12.0. The second kappa shape index (κ2) is 5.56. The zero-order valence-electron chi connectivity index (χ0n) is 14.1.